The lowest BCUT2D eigenvalue weighted by atomic mass is 9.97. The van der Waals surface area contributed by atoms with Crippen molar-refractivity contribution in [3.05, 3.63) is 59.2 Å². The summed E-state index contributed by atoms with van der Waals surface area (Å²) in [5.41, 5.74) is 3.03. The molecule has 0 amide bonds. The highest BCUT2D eigenvalue weighted by molar-refractivity contribution is 5.37. The fraction of sp³-hybridized carbons (Fsp3) is 0.294. The van der Waals surface area contributed by atoms with E-state index in [1.165, 1.54) is 0 Å². The summed E-state index contributed by atoms with van der Waals surface area (Å²) in [5, 5.41) is 10.4. The lowest BCUT2D eigenvalue weighted by Gasteiger charge is -2.15. The van der Waals surface area contributed by atoms with Crippen LogP contribution in [0.5, 0.6) is 11.5 Å². The molecule has 3 heteroatoms. The van der Waals surface area contributed by atoms with Crippen LogP contribution in [0.25, 0.3) is 0 Å². The molecule has 1 unspecified atom stereocenters. The highest BCUT2D eigenvalue weighted by Crippen LogP contribution is 2.26. The van der Waals surface area contributed by atoms with Gasteiger partial charge in [0.2, 0.25) is 0 Å². The van der Waals surface area contributed by atoms with Crippen molar-refractivity contribution in [1.29, 1.82) is 0 Å². The van der Waals surface area contributed by atoms with Crippen molar-refractivity contribution in [2.24, 2.45) is 0 Å². The number of aliphatic hydroxyl groups excluding tert-OH is 1. The maximum atomic E-state index is 10.4. The van der Waals surface area contributed by atoms with Gasteiger partial charge in [-0.3, -0.25) is 0 Å². The summed E-state index contributed by atoms with van der Waals surface area (Å²) in [7, 11) is 3.27. The second-order valence-corrected chi connectivity index (χ2v) is 4.79. The lowest BCUT2D eigenvalue weighted by molar-refractivity contribution is 0.177. The van der Waals surface area contributed by atoms with Crippen LogP contribution in [0.15, 0.2) is 42.5 Å². The molecule has 2 aromatic carbocycles. The minimum atomic E-state index is -0.543. The predicted molar refractivity (Wildman–Crippen MR) is 79.4 cm³/mol. The summed E-state index contributed by atoms with van der Waals surface area (Å²) < 4.78 is 10.3. The van der Waals surface area contributed by atoms with Gasteiger partial charge in [0, 0.05) is 6.42 Å². The SMILES string of the molecule is COc1ccc(CC(O)c2cc(OC)ccc2C)cc1. The van der Waals surface area contributed by atoms with Crippen LogP contribution in [0.4, 0.5) is 0 Å². The Labute approximate surface area is 119 Å². The number of benzene rings is 2. The second kappa shape index (κ2) is 6.44. The molecule has 0 heterocycles. The predicted octanol–water partition coefficient (Wildman–Crippen LogP) is 3.29. The molecule has 20 heavy (non-hydrogen) atoms. The number of hydrogen-bond acceptors (Lipinski definition) is 3. The van der Waals surface area contributed by atoms with E-state index in [4.69, 9.17) is 9.47 Å². The smallest absolute Gasteiger partial charge is 0.119 e. The van der Waals surface area contributed by atoms with Gasteiger partial charge in [-0.25, -0.2) is 0 Å². The zero-order valence-electron chi connectivity index (χ0n) is 12.1. The molecule has 106 valence electrons. The van der Waals surface area contributed by atoms with E-state index in [2.05, 4.69) is 0 Å². The van der Waals surface area contributed by atoms with E-state index in [9.17, 15) is 5.11 Å². The third-order valence-corrected chi connectivity index (χ3v) is 3.43. The fourth-order valence-electron chi connectivity index (χ4n) is 2.20. The molecule has 0 bridgehead atoms. The third kappa shape index (κ3) is 3.31. The molecule has 1 N–H and O–H groups in total. The van der Waals surface area contributed by atoms with E-state index in [0.717, 1.165) is 28.2 Å². The number of ether oxygens (including phenoxy) is 2. The highest BCUT2D eigenvalue weighted by Gasteiger charge is 2.12. The molecule has 0 aliphatic rings. The summed E-state index contributed by atoms with van der Waals surface area (Å²) >= 11 is 0. The van der Waals surface area contributed by atoms with Gasteiger partial charge in [0.25, 0.3) is 0 Å². The van der Waals surface area contributed by atoms with Crippen LogP contribution in [-0.4, -0.2) is 19.3 Å². The minimum Gasteiger partial charge on any atom is -0.497 e. The van der Waals surface area contributed by atoms with E-state index in [1.807, 2.05) is 49.4 Å². The number of hydrogen-bond donors (Lipinski definition) is 1. The largest absolute Gasteiger partial charge is 0.497 e. The van der Waals surface area contributed by atoms with Gasteiger partial charge < -0.3 is 14.6 Å². The summed E-state index contributed by atoms with van der Waals surface area (Å²) in [6, 6.07) is 13.5. The lowest BCUT2D eigenvalue weighted by Crippen LogP contribution is -2.04. The van der Waals surface area contributed by atoms with Crippen molar-refractivity contribution in [2.45, 2.75) is 19.4 Å². The molecule has 2 aromatic rings. The van der Waals surface area contributed by atoms with Crippen LogP contribution in [0.2, 0.25) is 0 Å². The first kappa shape index (κ1) is 14.4. The van der Waals surface area contributed by atoms with Gasteiger partial charge in [0.05, 0.1) is 20.3 Å². The summed E-state index contributed by atoms with van der Waals surface area (Å²) in [5.74, 6) is 1.58. The van der Waals surface area contributed by atoms with Crippen LogP contribution in [0.1, 0.15) is 22.8 Å². The molecule has 1 atom stereocenters. The van der Waals surface area contributed by atoms with E-state index in [-0.39, 0.29) is 0 Å². The van der Waals surface area contributed by atoms with E-state index >= 15 is 0 Å². The first-order valence-corrected chi connectivity index (χ1v) is 6.59. The van der Waals surface area contributed by atoms with E-state index in [0.29, 0.717) is 6.42 Å². The first-order chi connectivity index (χ1) is 9.63. The van der Waals surface area contributed by atoms with Crippen LogP contribution in [0, 0.1) is 6.92 Å². The van der Waals surface area contributed by atoms with Crippen molar-refractivity contribution in [3.63, 3.8) is 0 Å². The van der Waals surface area contributed by atoms with Crippen molar-refractivity contribution in [2.75, 3.05) is 14.2 Å². The molecule has 0 saturated heterocycles. The Balaban J connectivity index is 2.16. The first-order valence-electron chi connectivity index (χ1n) is 6.59. The Morgan fingerprint density at radius 2 is 1.55 bits per heavy atom. The number of methoxy groups -OCH3 is 2. The van der Waals surface area contributed by atoms with Crippen LogP contribution < -0.4 is 9.47 Å². The number of rotatable bonds is 5. The molecule has 0 aliphatic carbocycles. The van der Waals surface area contributed by atoms with Crippen LogP contribution >= 0.6 is 0 Å². The topological polar surface area (TPSA) is 38.7 Å². The van der Waals surface area contributed by atoms with Crippen molar-refractivity contribution >= 4 is 0 Å². The highest BCUT2D eigenvalue weighted by atomic mass is 16.5. The van der Waals surface area contributed by atoms with Gasteiger partial charge in [-0.15, -0.1) is 0 Å². The van der Waals surface area contributed by atoms with E-state index < -0.39 is 6.10 Å². The Hall–Kier alpha value is -2.00. The molecular weight excluding hydrogens is 252 g/mol. The fourth-order valence-corrected chi connectivity index (χ4v) is 2.20. The van der Waals surface area contributed by atoms with E-state index in [1.54, 1.807) is 14.2 Å². The zero-order valence-corrected chi connectivity index (χ0v) is 12.1. The van der Waals surface area contributed by atoms with Gasteiger partial charge in [-0.05, 0) is 47.9 Å². The molecule has 3 nitrogen and oxygen atoms in total. The average Bonchev–Trinajstić information content (AvgIpc) is 2.48. The average molecular weight is 272 g/mol. The normalized spacial score (nSPS) is 12.0. The van der Waals surface area contributed by atoms with Crippen molar-refractivity contribution in [1.82, 2.24) is 0 Å². The second-order valence-electron chi connectivity index (χ2n) is 4.79. The maximum absolute atomic E-state index is 10.4. The molecule has 0 fully saturated rings. The Morgan fingerprint density at radius 3 is 2.15 bits per heavy atom. The molecular formula is C17H20O3. The number of aliphatic hydroxyl groups is 1. The quantitative estimate of drug-likeness (QED) is 0.907. The van der Waals surface area contributed by atoms with Gasteiger partial charge in [0.1, 0.15) is 11.5 Å². The molecule has 2 rings (SSSR count). The molecule has 0 spiro atoms. The monoisotopic (exact) mass is 272 g/mol. The van der Waals surface area contributed by atoms with Gasteiger partial charge in [-0.1, -0.05) is 18.2 Å². The molecule has 0 saturated carbocycles. The van der Waals surface area contributed by atoms with Crippen molar-refractivity contribution in [3.8, 4) is 11.5 Å². The van der Waals surface area contributed by atoms with Gasteiger partial charge >= 0.3 is 0 Å². The summed E-state index contributed by atoms with van der Waals surface area (Å²) in [6.07, 6.45) is 0.0244. The zero-order chi connectivity index (χ0) is 14.5. The van der Waals surface area contributed by atoms with Crippen LogP contribution in [0.3, 0.4) is 0 Å². The number of aryl methyl sites for hydroxylation is 1. The Bertz CT molecular complexity index is 561. The van der Waals surface area contributed by atoms with Crippen LogP contribution in [-0.2, 0) is 6.42 Å². The summed E-state index contributed by atoms with van der Waals surface area (Å²) in [4.78, 5) is 0. The Kier molecular flexibility index (Phi) is 4.64. The minimum absolute atomic E-state index is 0.543. The Morgan fingerprint density at radius 1 is 0.950 bits per heavy atom. The summed E-state index contributed by atoms with van der Waals surface area (Å²) in [6.45, 7) is 1.99. The van der Waals surface area contributed by atoms with Crippen molar-refractivity contribution < 1.29 is 14.6 Å². The molecule has 0 aliphatic heterocycles. The molecule has 0 aromatic heterocycles. The maximum Gasteiger partial charge on any atom is 0.119 e. The van der Waals surface area contributed by atoms with Gasteiger partial charge in [0.15, 0.2) is 0 Å². The molecule has 0 radical (unpaired) electrons. The third-order valence-electron chi connectivity index (χ3n) is 3.43. The van der Waals surface area contributed by atoms with Gasteiger partial charge in [-0.2, -0.15) is 0 Å². The standard InChI is InChI=1S/C17H20O3/c1-12-4-7-15(20-3)11-16(12)17(18)10-13-5-8-14(19-2)9-6-13/h4-9,11,17-18H,10H2,1-3H3.